The number of nitrogens with zero attached hydrogens (tertiary/aromatic N) is 6. The van der Waals surface area contributed by atoms with Gasteiger partial charge < -0.3 is 9.13 Å². The van der Waals surface area contributed by atoms with Gasteiger partial charge >= 0.3 is 0 Å². The average Bonchev–Trinajstić information content (AvgIpc) is 3.80. The van der Waals surface area contributed by atoms with Crippen LogP contribution in [0.3, 0.4) is 0 Å². The molecular weight excluding hydrogens is 576 g/mol. The molecule has 0 saturated carbocycles. The summed E-state index contributed by atoms with van der Waals surface area (Å²) in [6.07, 6.45) is 7.56. The Balaban J connectivity index is 1.45. The van der Waals surface area contributed by atoms with Gasteiger partial charge in [0.05, 0.1) is 39.3 Å². The lowest BCUT2D eigenvalue weighted by molar-refractivity contribution is 1.15. The molecule has 0 bridgehead atoms. The second-order valence-corrected chi connectivity index (χ2v) is 12.1. The zero-order valence-corrected chi connectivity index (χ0v) is 25.0. The molecule has 0 amide bonds. The standard InChI is InChI=1S/C41H24N6/c1-3-9-25(10-4-1)45-33-14-8-7-13-27(33)28-15-16-29-38-36(46(40(29)39(28)45)26-11-5-2-6-12-26)18-17-30-37(38)31-23-42-21-19-34(31)47-35-20-22-43-24-32(35)44-41(30)47/h1-24H. The highest BCUT2D eigenvalue weighted by Gasteiger charge is 2.24. The van der Waals surface area contributed by atoms with Crippen LogP contribution < -0.4 is 0 Å². The molecule has 0 spiro atoms. The first-order valence-electron chi connectivity index (χ1n) is 15.8. The maximum Gasteiger partial charge on any atom is 0.146 e. The molecule has 6 heteroatoms. The second kappa shape index (κ2) is 9.02. The number of fused-ring (bicyclic) bond motifs is 16. The number of para-hydroxylation sites is 3. The summed E-state index contributed by atoms with van der Waals surface area (Å²) < 4.78 is 7.13. The van der Waals surface area contributed by atoms with Crippen molar-refractivity contribution in [1.82, 2.24) is 28.5 Å². The number of pyridine rings is 3. The van der Waals surface area contributed by atoms with Crippen LogP contribution in [0.25, 0.3) is 93.3 Å². The number of benzene rings is 5. The van der Waals surface area contributed by atoms with Crippen LogP contribution in [-0.4, -0.2) is 28.5 Å². The lowest BCUT2D eigenvalue weighted by Crippen LogP contribution is -1.98. The van der Waals surface area contributed by atoms with Gasteiger partial charge in [-0.1, -0.05) is 66.7 Å². The maximum absolute atomic E-state index is 5.15. The predicted octanol–water partition coefficient (Wildman–Crippen LogP) is 9.78. The summed E-state index contributed by atoms with van der Waals surface area (Å²) in [5.41, 5.74) is 10.8. The SMILES string of the molecule is c1ccc(-n2c3ccccc3c3ccc4c5c6c7cnccc7n7c8ccncc8nc7c6ccc5n(-c5ccccc5)c4c32)cc1. The molecule has 11 aromatic rings. The minimum absolute atomic E-state index is 0.874. The van der Waals surface area contributed by atoms with E-state index in [1.54, 1.807) is 0 Å². The minimum Gasteiger partial charge on any atom is -0.307 e. The van der Waals surface area contributed by atoms with Gasteiger partial charge in [0.1, 0.15) is 11.2 Å². The summed E-state index contributed by atoms with van der Waals surface area (Å²) in [4.78, 5) is 14.2. The summed E-state index contributed by atoms with van der Waals surface area (Å²) in [5, 5.41) is 8.17. The van der Waals surface area contributed by atoms with Gasteiger partial charge in [-0.2, -0.15) is 0 Å². The monoisotopic (exact) mass is 600 g/mol. The molecule has 0 fully saturated rings. The van der Waals surface area contributed by atoms with Gasteiger partial charge in [0, 0.05) is 67.7 Å². The molecule has 5 aromatic carbocycles. The number of hydrogen-bond donors (Lipinski definition) is 0. The van der Waals surface area contributed by atoms with Crippen LogP contribution in [0.5, 0.6) is 0 Å². The predicted molar refractivity (Wildman–Crippen MR) is 192 cm³/mol. The van der Waals surface area contributed by atoms with E-state index in [0.717, 1.165) is 55.2 Å². The lowest BCUT2D eigenvalue weighted by atomic mass is 10.0. The smallest absolute Gasteiger partial charge is 0.146 e. The molecule has 0 aliphatic carbocycles. The fraction of sp³-hybridized carbons (Fsp3) is 0. The van der Waals surface area contributed by atoms with Gasteiger partial charge in [-0.15, -0.1) is 0 Å². The topological polar surface area (TPSA) is 52.9 Å². The molecule has 11 rings (SSSR count). The van der Waals surface area contributed by atoms with E-state index in [2.05, 4.69) is 139 Å². The number of hydrogen-bond acceptors (Lipinski definition) is 3. The van der Waals surface area contributed by atoms with Crippen molar-refractivity contribution >= 4 is 82.0 Å². The van der Waals surface area contributed by atoms with E-state index in [1.807, 2.05) is 30.9 Å². The van der Waals surface area contributed by atoms with Gasteiger partial charge in [-0.3, -0.25) is 14.4 Å². The summed E-state index contributed by atoms with van der Waals surface area (Å²) >= 11 is 0. The quantitative estimate of drug-likeness (QED) is 0.186. The third-order valence-corrected chi connectivity index (χ3v) is 9.76. The summed E-state index contributed by atoms with van der Waals surface area (Å²) in [7, 11) is 0. The van der Waals surface area contributed by atoms with Crippen molar-refractivity contribution in [2.75, 3.05) is 0 Å². The van der Waals surface area contributed by atoms with Crippen molar-refractivity contribution in [1.29, 1.82) is 0 Å². The Kier molecular flexibility index (Phi) is 4.75. The molecule has 6 aromatic heterocycles. The zero-order chi connectivity index (χ0) is 30.6. The largest absolute Gasteiger partial charge is 0.307 e. The first-order valence-corrected chi connectivity index (χ1v) is 15.8. The van der Waals surface area contributed by atoms with E-state index in [9.17, 15) is 0 Å². The Labute approximate surface area is 267 Å². The van der Waals surface area contributed by atoms with Gasteiger partial charge in [-0.05, 0) is 54.6 Å². The molecule has 47 heavy (non-hydrogen) atoms. The van der Waals surface area contributed by atoms with Crippen molar-refractivity contribution in [3.63, 3.8) is 0 Å². The summed E-state index contributed by atoms with van der Waals surface area (Å²) in [5.74, 6) is 0. The van der Waals surface area contributed by atoms with Crippen molar-refractivity contribution < 1.29 is 0 Å². The Morgan fingerprint density at radius 2 is 1.04 bits per heavy atom. The fourth-order valence-electron chi connectivity index (χ4n) is 7.93. The van der Waals surface area contributed by atoms with E-state index in [0.29, 0.717) is 0 Å². The molecule has 0 radical (unpaired) electrons. The van der Waals surface area contributed by atoms with E-state index in [1.165, 1.54) is 38.1 Å². The van der Waals surface area contributed by atoms with E-state index >= 15 is 0 Å². The minimum atomic E-state index is 0.874. The maximum atomic E-state index is 5.15. The zero-order valence-electron chi connectivity index (χ0n) is 25.0. The van der Waals surface area contributed by atoms with E-state index < -0.39 is 0 Å². The van der Waals surface area contributed by atoms with Gasteiger partial charge in [0.2, 0.25) is 0 Å². The first-order chi connectivity index (χ1) is 23.4. The molecule has 0 atom stereocenters. The molecular formula is C41H24N6. The van der Waals surface area contributed by atoms with Crippen LogP contribution in [0.1, 0.15) is 0 Å². The summed E-state index contributed by atoms with van der Waals surface area (Å²) in [6.45, 7) is 0. The Morgan fingerprint density at radius 3 is 1.85 bits per heavy atom. The third kappa shape index (κ3) is 3.16. The number of rotatable bonds is 2. The normalized spacial score (nSPS) is 12.3. The fourth-order valence-corrected chi connectivity index (χ4v) is 7.93. The van der Waals surface area contributed by atoms with E-state index in [4.69, 9.17) is 4.98 Å². The highest BCUT2D eigenvalue weighted by atomic mass is 15.1. The molecule has 218 valence electrons. The van der Waals surface area contributed by atoms with E-state index in [-0.39, 0.29) is 0 Å². The molecule has 6 nitrogen and oxygen atoms in total. The Bertz CT molecular complexity index is 3060. The third-order valence-electron chi connectivity index (χ3n) is 9.76. The molecule has 6 heterocycles. The number of imidazole rings is 1. The Hall–Kier alpha value is -6.53. The van der Waals surface area contributed by atoms with Crippen LogP contribution in [0.15, 0.2) is 146 Å². The van der Waals surface area contributed by atoms with Crippen LogP contribution in [0, 0.1) is 0 Å². The second-order valence-electron chi connectivity index (χ2n) is 12.1. The van der Waals surface area contributed by atoms with Gasteiger partial charge in [-0.25, -0.2) is 4.98 Å². The summed E-state index contributed by atoms with van der Waals surface area (Å²) in [6, 6.07) is 43.4. The van der Waals surface area contributed by atoms with Gasteiger partial charge in [0.15, 0.2) is 0 Å². The molecule has 0 saturated heterocycles. The highest BCUT2D eigenvalue weighted by molar-refractivity contribution is 6.33. The van der Waals surface area contributed by atoms with Crippen molar-refractivity contribution in [3.05, 3.63) is 146 Å². The van der Waals surface area contributed by atoms with Crippen molar-refractivity contribution in [2.45, 2.75) is 0 Å². The molecule has 0 unspecified atom stereocenters. The lowest BCUT2D eigenvalue weighted by Gasteiger charge is -2.12. The van der Waals surface area contributed by atoms with Crippen molar-refractivity contribution in [3.8, 4) is 11.4 Å². The van der Waals surface area contributed by atoms with Gasteiger partial charge in [0.25, 0.3) is 0 Å². The van der Waals surface area contributed by atoms with Crippen molar-refractivity contribution in [2.24, 2.45) is 0 Å². The van der Waals surface area contributed by atoms with Crippen LogP contribution in [-0.2, 0) is 0 Å². The van der Waals surface area contributed by atoms with Crippen LogP contribution in [0.4, 0.5) is 0 Å². The first kappa shape index (κ1) is 24.8. The molecule has 0 N–H and O–H groups in total. The molecule has 0 aliphatic rings. The number of aromatic nitrogens is 6. The van der Waals surface area contributed by atoms with Crippen LogP contribution >= 0.6 is 0 Å². The highest BCUT2D eigenvalue weighted by Crippen LogP contribution is 2.45. The molecule has 0 aliphatic heterocycles. The average molecular weight is 601 g/mol. The Morgan fingerprint density at radius 1 is 0.404 bits per heavy atom. The van der Waals surface area contributed by atoms with Crippen LogP contribution in [0.2, 0.25) is 0 Å².